The van der Waals surface area contributed by atoms with Crippen LogP contribution >= 0.6 is 0 Å². The highest BCUT2D eigenvalue weighted by Gasteiger charge is 2.10. The summed E-state index contributed by atoms with van der Waals surface area (Å²) in [7, 11) is 0. The highest BCUT2D eigenvalue weighted by Crippen LogP contribution is 2.12. The maximum Gasteiger partial charge on any atom is 0.234 e. The van der Waals surface area contributed by atoms with Gasteiger partial charge in [-0.15, -0.1) is 0 Å². The highest BCUT2D eigenvalue weighted by atomic mass is 16.1. The molecule has 0 radical (unpaired) electrons. The molecule has 5 heteroatoms. The first-order valence-electron chi connectivity index (χ1n) is 4.75. The molecule has 0 rings (SSSR count). The van der Waals surface area contributed by atoms with Crippen LogP contribution in [0.1, 0.15) is 19.3 Å². The molecular formula is C10H13N3O2. The number of nitrogens with zero attached hydrogens (tertiary/aromatic N) is 3. The Morgan fingerprint density at radius 2 is 1.80 bits per heavy atom. The quantitative estimate of drug-likeness (QED) is 0.261. The van der Waals surface area contributed by atoms with E-state index in [-0.39, 0.29) is 5.92 Å². The molecule has 0 heterocycles. The molecule has 0 bridgehead atoms. The van der Waals surface area contributed by atoms with Crippen molar-refractivity contribution in [3.63, 3.8) is 0 Å². The van der Waals surface area contributed by atoms with Crippen molar-refractivity contribution >= 4 is 12.2 Å². The van der Waals surface area contributed by atoms with Gasteiger partial charge in [-0.3, -0.25) is 0 Å². The lowest BCUT2D eigenvalue weighted by atomic mass is 10.00. The molecule has 0 aromatic rings. The second-order valence-electron chi connectivity index (χ2n) is 3.08. The SMILES string of the molecule is [C-]#[N+]CC(CCCN=C=O)CCN=C=O. The Hall–Kier alpha value is -1.75. The summed E-state index contributed by atoms with van der Waals surface area (Å²) < 4.78 is 0. The second-order valence-corrected chi connectivity index (χ2v) is 3.08. The second kappa shape index (κ2) is 10.3. The van der Waals surface area contributed by atoms with Gasteiger partial charge in [-0.1, -0.05) is 0 Å². The highest BCUT2D eigenvalue weighted by molar-refractivity contribution is 5.32. The van der Waals surface area contributed by atoms with E-state index in [1.54, 1.807) is 0 Å². The Kier molecular flexibility index (Phi) is 9.13. The third-order valence-corrected chi connectivity index (χ3v) is 2.01. The van der Waals surface area contributed by atoms with Crippen molar-refractivity contribution in [3.05, 3.63) is 11.4 Å². The molecule has 0 spiro atoms. The average molecular weight is 207 g/mol. The van der Waals surface area contributed by atoms with Crippen molar-refractivity contribution in [2.45, 2.75) is 19.3 Å². The lowest BCUT2D eigenvalue weighted by Gasteiger charge is -2.07. The summed E-state index contributed by atoms with van der Waals surface area (Å²) in [5.74, 6) is 0.224. The smallest absolute Gasteiger partial charge is 0.234 e. The fourth-order valence-electron chi connectivity index (χ4n) is 1.25. The number of hydrogen-bond donors (Lipinski definition) is 0. The summed E-state index contributed by atoms with van der Waals surface area (Å²) in [5, 5.41) is 0. The number of isocyanates is 2. The van der Waals surface area contributed by atoms with Crippen molar-refractivity contribution in [2.24, 2.45) is 15.9 Å². The van der Waals surface area contributed by atoms with Gasteiger partial charge in [0.1, 0.15) is 0 Å². The first-order chi connectivity index (χ1) is 7.35. The van der Waals surface area contributed by atoms with E-state index in [2.05, 4.69) is 14.8 Å². The third-order valence-electron chi connectivity index (χ3n) is 2.01. The Bertz CT molecular complexity index is 296. The summed E-state index contributed by atoms with van der Waals surface area (Å²) in [5.41, 5.74) is 0. The Balaban J connectivity index is 3.77. The summed E-state index contributed by atoms with van der Waals surface area (Å²) in [4.78, 5) is 29.8. The molecule has 0 aliphatic heterocycles. The van der Waals surface area contributed by atoms with Gasteiger partial charge in [-0.05, 0) is 19.3 Å². The first-order valence-corrected chi connectivity index (χ1v) is 4.75. The predicted octanol–water partition coefficient (Wildman–Crippen LogP) is 1.36. The van der Waals surface area contributed by atoms with E-state index in [0.29, 0.717) is 26.1 Å². The molecule has 1 atom stereocenters. The summed E-state index contributed by atoms with van der Waals surface area (Å²) in [6.07, 6.45) is 5.24. The Morgan fingerprint density at radius 3 is 2.40 bits per heavy atom. The van der Waals surface area contributed by atoms with Crippen LogP contribution in [0.3, 0.4) is 0 Å². The number of rotatable bonds is 8. The van der Waals surface area contributed by atoms with Crippen molar-refractivity contribution in [1.29, 1.82) is 0 Å². The zero-order chi connectivity index (χ0) is 11.4. The van der Waals surface area contributed by atoms with Crippen LogP contribution in [-0.4, -0.2) is 31.8 Å². The van der Waals surface area contributed by atoms with Crippen LogP contribution in [0.5, 0.6) is 0 Å². The van der Waals surface area contributed by atoms with E-state index in [1.165, 1.54) is 12.2 Å². The van der Waals surface area contributed by atoms with Crippen LogP contribution in [0.4, 0.5) is 0 Å². The van der Waals surface area contributed by atoms with Crippen LogP contribution in [-0.2, 0) is 9.59 Å². The van der Waals surface area contributed by atoms with E-state index in [1.807, 2.05) is 0 Å². The molecule has 0 saturated heterocycles. The molecule has 0 aromatic carbocycles. The van der Waals surface area contributed by atoms with E-state index in [0.717, 1.165) is 12.8 Å². The monoisotopic (exact) mass is 207 g/mol. The topological polar surface area (TPSA) is 63.2 Å². The molecule has 1 unspecified atom stereocenters. The zero-order valence-electron chi connectivity index (χ0n) is 8.48. The average Bonchev–Trinajstić information content (AvgIpc) is 2.24. The predicted molar refractivity (Wildman–Crippen MR) is 54.8 cm³/mol. The van der Waals surface area contributed by atoms with E-state index < -0.39 is 0 Å². The molecule has 15 heavy (non-hydrogen) atoms. The van der Waals surface area contributed by atoms with Crippen LogP contribution in [0, 0.1) is 12.5 Å². The molecule has 5 nitrogen and oxygen atoms in total. The van der Waals surface area contributed by atoms with Crippen molar-refractivity contribution in [2.75, 3.05) is 19.6 Å². The maximum atomic E-state index is 9.83. The summed E-state index contributed by atoms with van der Waals surface area (Å²) in [6, 6.07) is 0. The minimum atomic E-state index is 0.224. The van der Waals surface area contributed by atoms with Gasteiger partial charge in [-0.25, -0.2) is 26.1 Å². The minimum absolute atomic E-state index is 0.224. The first kappa shape index (κ1) is 13.2. The van der Waals surface area contributed by atoms with Gasteiger partial charge >= 0.3 is 0 Å². The molecule has 0 fully saturated rings. The Morgan fingerprint density at radius 1 is 1.13 bits per heavy atom. The zero-order valence-corrected chi connectivity index (χ0v) is 8.48. The molecule has 0 amide bonds. The lowest BCUT2D eigenvalue weighted by molar-refractivity contribution is 0.473. The number of carbonyl (C=O) groups excluding carboxylic acids is 2. The fraction of sp³-hybridized carbons (Fsp3) is 0.700. The summed E-state index contributed by atoms with van der Waals surface area (Å²) >= 11 is 0. The third kappa shape index (κ3) is 8.58. The van der Waals surface area contributed by atoms with Crippen LogP contribution in [0.25, 0.3) is 4.85 Å². The van der Waals surface area contributed by atoms with Gasteiger partial charge in [0.25, 0.3) is 0 Å². The van der Waals surface area contributed by atoms with Gasteiger partial charge in [0.15, 0.2) is 0 Å². The van der Waals surface area contributed by atoms with E-state index in [4.69, 9.17) is 6.57 Å². The van der Waals surface area contributed by atoms with Gasteiger partial charge < -0.3 is 4.85 Å². The number of hydrogen-bond acceptors (Lipinski definition) is 4. The lowest BCUT2D eigenvalue weighted by Crippen LogP contribution is -2.06. The summed E-state index contributed by atoms with van der Waals surface area (Å²) in [6.45, 7) is 8.06. The van der Waals surface area contributed by atoms with Crippen LogP contribution < -0.4 is 0 Å². The van der Waals surface area contributed by atoms with Gasteiger partial charge in [0, 0.05) is 5.92 Å². The molecule has 0 aromatic heterocycles. The normalized spacial score (nSPS) is 10.6. The molecule has 0 saturated carbocycles. The van der Waals surface area contributed by atoms with Gasteiger partial charge in [0.05, 0.1) is 13.1 Å². The van der Waals surface area contributed by atoms with Crippen molar-refractivity contribution in [1.82, 2.24) is 0 Å². The molecular weight excluding hydrogens is 194 g/mol. The minimum Gasteiger partial charge on any atom is -0.317 e. The largest absolute Gasteiger partial charge is 0.317 e. The Labute approximate surface area is 88.7 Å². The van der Waals surface area contributed by atoms with E-state index >= 15 is 0 Å². The maximum absolute atomic E-state index is 9.83. The standard InChI is InChI=1S/C10H13N3O2/c1-11-7-10(4-6-13-9-15)3-2-5-12-8-14/h10H,2-7H2. The van der Waals surface area contributed by atoms with E-state index in [9.17, 15) is 9.59 Å². The van der Waals surface area contributed by atoms with Crippen molar-refractivity contribution in [3.8, 4) is 0 Å². The van der Waals surface area contributed by atoms with Crippen LogP contribution in [0.2, 0.25) is 0 Å². The molecule has 0 N–H and O–H groups in total. The van der Waals surface area contributed by atoms with Gasteiger partial charge in [0.2, 0.25) is 18.7 Å². The fourth-order valence-corrected chi connectivity index (χ4v) is 1.25. The molecule has 0 aliphatic rings. The van der Waals surface area contributed by atoms with Crippen molar-refractivity contribution < 1.29 is 9.59 Å². The van der Waals surface area contributed by atoms with Gasteiger partial charge in [-0.2, -0.15) is 0 Å². The molecule has 0 aliphatic carbocycles. The molecule has 80 valence electrons. The number of aliphatic imine (C=N–C) groups is 2. The van der Waals surface area contributed by atoms with Crippen LogP contribution in [0.15, 0.2) is 9.98 Å².